The van der Waals surface area contributed by atoms with Gasteiger partial charge in [0.1, 0.15) is 0 Å². The normalized spacial score (nSPS) is 11.8. The second-order valence-corrected chi connectivity index (χ2v) is 5.13. The van der Waals surface area contributed by atoms with E-state index in [0.717, 1.165) is 5.56 Å². The number of thiophene rings is 1. The van der Waals surface area contributed by atoms with Crippen LogP contribution in [-0.4, -0.2) is 31.8 Å². The third-order valence-electron chi connectivity index (χ3n) is 3.03. The molecule has 0 radical (unpaired) electrons. The van der Waals surface area contributed by atoms with Crippen LogP contribution in [0.15, 0.2) is 35.0 Å². The van der Waals surface area contributed by atoms with E-state index in [4.69, 9.17) is 9.47 Å². The number of aliphatic hydroxyl groups is 1. The Morgan fingerprint density at radius 2 is 2.05 bits per heavy atom. The van der Waals surface area contributed by atoms with E-state index >= 15 is 0 Å². The molecule has 5 nitrogen and oxygen atoms in total. The van der Waals surface area contributed by atoms with Crippen molar-refractivity contribution in [3.8, 4) is 11.5 Å². The average Bonchev–Trinajstić information content (AvgIpc) is 3.06. The van der Waals surface area contributed by atoms with Gasteiger partial charge < -0.3 is 19.9 Å². The molecule has 1 aromatic carbocycles. The van der Waals surface area contributed by atoms with Crippen LogP contribution in [0.2, 0.25) is 0 Å². The number of nitrogens with one attached hydrogen (secondary N) is 1. The maximum absolute atomic E-state index is 12.1. The summed E-state index contributed by atoms with van der Waals surface area (Å²) in [6.45, 7) is 0.157. The average molecular weight is 307 g/mol. The summed E-state index contributed by atoms with van der Waals surface area (Å²) >= 11 is 1.50. The molecule has 1 unspecified atom stereocenters. The van der Waals surface area contributed by atoms with Gasteiger partial charge in [0.15, 0.2) is 11.5 Å². The lowest BCUT2D eigenvalue weighted by Crippen LogP contribution is -2.28. The van der Waals surface area contributed by atoms with Crippen molar-refractivity contribution >= 4 is 17.2 Å². The Morgan fingerprint density at radius 3 is 2.67 bits per heavy atom. The van der Waals surface area contributed by atoms with Crippen LogP contribution in [0.4, 0.5) is 0 Å². The first-order valence-corrected chi connectivity index (χ1v) is 7.30. The van der Waals surface area contributed by atoms with Gasteiger partial charge in [-0.05, 0) is 40.6 Å². The van der Waals surface area contributed by atoms with Crippen LogP contribution in [0.5, 0.6) is 11.5 Å². The molecule has 1 aromatic heterocycles. The number of ether oxygens (including phenoxy) is 2. The highest BCUT2D eigenvalue weighted by atomic mass is 32.1. The molecule has 0 fully saturated rings. The molecule has 0 bridgehead atoms. The van der Waals surface area contributed by atoms with E-state index in [2.05, 4.69) is 5.32 Å². The molecule has 0 spiro atoms. The van der Waals surface area contributed by atoms with E-state index in [0.29, 0.717) is 17.1 Å². The van der Waals surface area contributed by atoms with E-state index in [1.807, 2.05) is 16.8 Å². The molecule has 0 saturated carbocycles. The Bertz CT molecular complexity index is 598. The quantitative estimate of drug-likeness (QED) is 0.859. The van der Waals surface area contributed by atoms with Gasteiger partial charge in [-0.3, -0.25) is 4.79 Å². The van der Waals surface area contributed by atoms with Crippen LogP contribution in [0.3, 0.4) is 0 Å². The van der Waals surface area contributed by atoms with Crippen molar-refractivity contribution in [2.24, 2.45) is 0 Å². The Balaban J connectivity index is 2.00. The molecule has 2 aromatic rings. The van der Waals surface area contributed by atoms with Gasteiger partial charge >= 0.3 is 0 Å². The van der Waals surface area contributed by atoms with Crippen molar-refractivity contribution in [2.75, 3.05) is 20.8 Å². The van der Waals surface area contributed by atoms with E-state index in [1.165, 1.54) is 25.6 Å². The minimum atomic E-state index is -0.708. The lowest BCUT2D eigenvalue weighted by Gasteiger charge is -2.12. The largest absolute Gasteiger partial charge is 0.493 e. The van der Waals surface area contributed by atoms with Crippen molar-refractivity contribution < 1.29 is 19.4 Å². The highest BCUT2D eigenvalue weighted by Gasteiger charge is 2.13. The zero-order valence-electron chi connectivity index (χ0n) is 11.8. The van der Waals surface area contributed by atoms with Gasteiger partial charge in [-0.2, -0.15) is 11.3 Å². The molecule has 2 N–H and O–H groups in total. The van der Waals surface area contributed by atoms with Crippen molar-refractivity contribution in [3.63, 3.8) is 0 Å². The number of benzene rings is 1. The molecule has 0 aliphatic carbocycles. The van der Waals surface area contributed by atoms with Crippen molar-refractivity contribution in [1.29, 1.82) is 0 Å². The summed E-state index contributed by atoms with van der Waals surface area (Å²) in [5.74, 6) is 0.779. The fourth-order valence-electron chi connectivity index (χ4n) is 1.85. The molecule has 1 heterocycles. The van der Waals surface area contributed by atoms with Crippen LogP contribution < -0.4 is 14.8 Å². The zero-order valence-corrected chi connectivity index (χ0v) is 12.6. The molecule has 0 aliphatic rings. The molecule has 21 heavy (non-hydrogen) atoms. The third kappa shape index (κ3) is 3.74. The second-order valence-electron chi connectivity index (χ2n) is 4.35. The van der Waals surface area contributed by atoms with Gasteiger partial charge in [0.25, 0.3) is 5.91 Å². The van der Waals surface area contributed by atoms with Crippen LogP contribution in [-0.2, 0) is 0 Å². The molecular formula is C15H17NO4S. The smallest absolute Gasteiger partial charge is 0.251 e. The maximum Gasteiger partial charge on any atom is 0.251 e. The second kappa shape index (κ2) is 7.10. The molecule has 2 rings (SSSR count). The number of hydrogen-bond acceptors (Lipinski definition) is 5. The van der Waals surface area contributed by atoms with E-state index < -0.39 is 6.10 Å². The number of hydrogen-bond donors (Lipinski definition) is 2. The van der Waals surface area contributed by atoms with E-state index in [-0.39, 0.29) is 12.5 Å². The van der Waals surface area contributed by atoms with Gasteiger partial charge in [0, 0.05) is 12.1 Å². The van der Waals surface area contributed by atoms with Crippen LogP contribution in [0.1, 0.15) is 22.0 Å². The number of carbonyl (C=O) groups excluding carboxylic acids is 1. The first kappa shape index (κ1) is 15.3. The number of aliphatic hydroxyl groups excluding tert-OH is 1. The summed E-state index contributed by atoms with van der Waals surface area (Å²) in [5, 5.41) is 16.4. The van der Waals surface area contributed by atoms with Crippen LogP contribution in [0.25, 0.3) is 0 Å². The molecule has 1 atom stereocenters. The summed E-state index contributed by atoms with van der Waals surface area (Å²) in [4.78, 5) is 12.1. The van der Waals surface area contributed by atoms with Crippen LogP contribution >= 0.6 is 11.3 Å². The summed E-state index contributed by atoms with van der Waals surface area (Å²) in [6, 6.07) is 6.75. The lowest BCUT2D eigenvalue weighted by molar-refractivity contribution is 0.0916. The molecule has 0 saturated heterocycles. The molecule has 6 heteroatoms. The highest BCUT2D eigenvalue weighted by Crippen LogP contribution is 2.27. The minimum absolute atomic E-state index is 0.157. The van der Waals surface area contributed by atoms with Crippen LogP contribution in [0, 0.1) is 0 Å². The highest BCUT2D eigenvalue weighted by molar-refractivity contribution is 7.07. The predicted molar refractivity (Wildman–Crippen MR) is 81.2 cm³/mol. The molecule has 112 valence electrons. The summed E-state index contributed by atoms with van der Waals surface area (Å²) in [7, 11) is 3.05. The summed E-state index contributed by atoms with van der Waals surface area (Å²) in [5.41, 5.74) is 1.25. The van der Waals surface area contributed by atoms with Gasteiger partial charge in [0.05, 0.1) is 20.3 Å². The van der Waals surface area contributed by atoms with Gasteiger partial charge in [0.2, 0.25) is 0 Å². The molecular weight excluding hydrogens is 290 g/mol. The monoisotopic (exact) mass is 307 g/mol. The van der Waals surface area contributed by atoms with Gasteiger partial charge in [-0.25, -0.2) is 0 Å². The molecule has 0 aliphatic heterocycles. The summed E-state index contributed by atoms with van der Waals surface area (Å²) in [6.07, 6.45) is -0.708. The SMILES string of the molecule is COc1ccc(C(=O)NCC(O)c2ccsc2)cc1OC. The Hall–Kier alpha value is -2.05. The van der Waals surface area contributed by atoms with E-state index in [9.17, 15) is 9.90 Å². The van der Waals surface area contributed by atoms with Gasteiger partial charge in [-0.15, -0.1) is 0 Å². The fourth-order valence-corrected chi connectivity index (χ4v) is 2.56. The Kier molecular flexibility index (Phi) is 5.19. The zero-order chi connectivity index (χ0) is 15.2. The first-order chi connectivity index (χ1) is 10.2. The number of rotatable bonds is 6. The fraction of sp³-hybridized carbons (Fsp3) is 0.267. The Morgan fingerprint density at radius 1 is 1.29 bits per heavy atom. The summed E-state index contributed by atoms with van der Waals surface area (Å²) < 4.78 is 10.3. The minimum Gasteiger partial charge on any atom is -0.493 e. The Labute approximate surface area is 127 Å². The molecule has 1 amide bonds. The number of methoxy groups -OCH3 is 2. The number of carbonyl (C=O) groups is 1. The predicted octanol–water partition coefficient (Wildman–Crippen LogP) is 2.23. The van der Waals surface area contributed by atoms with E-state index in [1.54, 1.807) is 18.2 Å². The lowest BCUT2D eigenvalue weighted by atomic mass is 10.1. The topological polar surface area (TPSA) is 67.8 Å². The third-order valence-corrected chi connectivity index (χ3v) is 3.73. The maximum atomic E-state index is 12.1. The van der Waals surface area contributed by atoms with Gasteiger partial charge in [-0.1, -0.05) is 0 Å². The standard InChI is InChI=1S/C15H17NO4S/c1-19-13-4-3-10(7-14(13)20-2)15(18)16-8-12(17)11-5-6-21-9-11/h3-7,9,12,17H,8H2,1-2H3,(H,16,18). The number of amides is 1. The van der Waals surface area contributed by atoms with Crippen molar-refractivity contribution in [3.05, 3.63) is 46.2 Å². The first-order valence-electron chi connectivity index (χ1n) is 6.36. The van der Waals surface area contributed by atoms with Crippen molar-refractivity contribution in [2.45, 2.75) is 6.10 Å². The van der Waals surface area contributed by atoms with Crippen molar-refractivity contribution in [1.82, 2.24) is 5.32 Å².